The van der Waals surface area contributed by atoms with Gasteiger partial charge in [0.25, 0.3) is 0 Å². The Labute approximate surface area is 88.5 Å². The Balaban J connectivity index is 0. The van der Waals surface area contributed by atoms with Gasteiger partial charge in [0.05, 0.1) is 0 Å². The van der Waals surface area contributed by atoms with Crippen molar-refractivity contribution >= 4 is 16.5 Å². The molecule has 9 heteroatoms. The van der Waals surface area contributed by atoms with Gasteiger partial charge in [-0.05, 0) is 20.8 Å². The Morgan fingerprint density at radius 3 is 1.67 bits per heavy atom. The van der Waals surface area contributed by atoms with E-state index in [-0.39, 0.29) is 0 Å². The predicted molar refractivity (Wildman–Crippen MR) is 52.4 cm³/mol. The Hall–Kier alpha value is -0.900. The van der Waals surface area contributed by atoms with E-state index >= 15 is 0 Å². The number of carbonyl (C=O) groups is 1. The summed E-state index contributed by atoms with van der Waals surface area (Å²) in [7, 11) is -3.23. The van der Waals surface area contributed by atoms with Gasteiger partial charge in [0.1, 0.15) is 5.60 Å². The summed E-state index contributed by atoms with van der Waals surface area (Å²) in [6.07, 6.45) is -0.521. The van der Waals surface area contributed by atoms with Crippen LogP contribution in [0.4, 0.5) is 4.79 Å². The van der Waals surface area contributed by atoms with Crippen LogP contribution >= 0.6 is 0 Å². The smallest absolute Gasteiger partial charge is 0.424 e. The van der Waals surface area contributed by atoms with Gasteiger partial charge >= 0.3 is 16.5 Å². The monoisotopic (exact) mass is 244 g/mol. The fourth-order valence-corrected chi connectivity index (χ4v) is 0.334. The summed E-state index contributed by atoms with van der Waals surface area (Å²) in [6.45, 7) is 5.36. The Morgan fingerprint density at radius 1 is 1.33 bits per heavy atom. The number of nitrogens with two attached hydrogens (primary N) is 1. The van der Waals surface area contributed by atoms with Crippen LogP contribution in [-0.2, 0) is 15.1 Å². The molecule has 0 aliphatic carbocycles. The number of rotatable bonds is 0. The van der Waals surface area contributed by atoms with Gasteiger partial charge in [0.2, 0.25) is 0 Å². The Kier molecular flexibility index (Phi) is 6.45. The van der Waals surface area contributed by atoms with E-state index in [2.05, 4.69) is 0 Å². The number of ether oxygens (including phenoxy) is 1. The summed E-state index contributed by atoms with van der Waals surface area (Å²) in [4.78, 5) is 10.7. The topological polar surface area (TPSA) is 130 Å². The molecule has 0 aromatic heterocycles. The van der Waals surface area contributed by atoms with E-state index < -0.39 is 22.1 Å². The summed E-state index contributed by atoms with van der Waals surface area (Å²) in [5.74, 6) is 5.10. The molecular formula is C6H16N2O6S. The number of hydrazine groups is 1. The first-order valence-electron chi connectivity index (χ1n) is 3.74. The largest absolute Gasteiger partial charge is 0.443 e. The van der Waals surface area contributed by atoms with Gasteiger partial charge in [-0.2, -0.15) is 8.42 Å². The first kappa shape index (κ1) is 16.5. The molecule has 0 aliphatic heterocycles. The number of amides is 1. The molecule has 0 saturated carbocycles. The number of carbonyl (C=O) groups excluding carboxylic acids is 1. The lowest BCUT2D eigenvalue weighted by atomic mass is 10.2. The minimum atomic E-state index is -4.67. The molecule has 92 valence electrons. The van der Waals surface area contributed by atoms with Crippen LogP contribution < -0.4 is 5.84 Å². The molecule has 0 unspecified atom stereocenters. The quantitative estimate of drug-likeness (QED) is 0.238. The Bertz CT molecular complexity index is 283. The fourth-order valence-electron chi connectivity index (χ4n) is 0.334. The molecule has 0 radical (unpaired) electrons. The highest BCUT2D eigenvalue weighted by Gasteiger charge is 2.17. The van der Waals surface area contributed by atoms with Crippen molar-refractivity contribution in [3.8, 4) is 0 Å². The van der Waals surface area contributed by atoms with E-state index in [9.17, 15) is 4.79 Å². The van der Waals surface area contributed by atoms with Crippen molar-refractivity contribution in [2.45, 2.75) is 26.4 Å². The highest BCUT2D eigenvalue weighted by Crippen LogP contribution is 2.07. The van der Waals surface area contributed by atoms with Crippen LogP contribution in [0.2, 0.25) is 0 Å². The Morgan fingerprint density at radius 2 is 1.60 bits per heavy atom. The first-order valence-corrected chi connectivity index (χ1v) is 5.14. The zero-order valence-electron chi connectivity index (χ0n) is 8.96. The van der Waals surface area contributed by atoms with E-state index in [1.165, 1.54) is 7.05 Å². The van der Waals surface area contributed by atoms with Gasteiger partial charge in [0, 0.05) is 7.05 Å². The van der Waals surface area contributed by atoms with Crippen molar-refractivity contribution in [1.82, 2.24) is 5.01 Å². The summed E-state index contributed by atoms with van der Waals surface area (Å²) in [5, 5.41) is 0.908. The maximum absolute atomic E-state index is 10.7. The molecule has 8 nitrogen and oxygen atoms in total. The fraction of sp³-hybridized carbons (Fsp3) is 0.833. The van der Waals surface area contributed by atoms with Gasteiger partial charge in [-0.3, -0.25) is 9.11 Å². The molecule has 0 fully saturated rings. The molecule has 0 aliphatic rings. The lowest BCUT2D eigenvalue weighted by Crippen LogP contribution is -2.38. The van der Waals surface area contributed by atoms with E-state index in [1.54, 1.807) is 20.8 Å². The van der Waals surface area contributed by atoms with E-state index in [0.717, 1.165) is 5.01 Å². The molecular weight excluding hydrogens is 228 g/mol. The van der Waals surface area contributed by atoms with Crippen molar-refractivity contribution in [3.05, 3.63) is 0 Å². The minimum Gasteiger partial charge on any atom is -0.443 e. The van der Waals surface area contributed by atoms with Gasteiger partial charge in [-0.1, -0.05) is 0 Å². The minimum absolute atomic E-state index is 0.468. The third-order valence-corrected chi connectivity index (χ3v) is 0.681. The van der Waals surface area contributed by atoms with Crippen molar-refractivity contribution in [3.63, 3.8) is 0 Å². The zero-order valence-corrected chi connectivity index (χ0v) is 9.78. The van der Waals surface area contributed by atoms with Gasteiger partial charge < -0.3 is 4.74 Å². The third-order valence-electron chi connectivity index (χ3n) is 0.681. The first-order chi connectivity index (χ1) is 6.33. The lowest BCUT2D eigenvalue weighted by molar-refractivity contribution is 0.0297. The summed E-state index contributed by atoms with van der Waals surface area (Å²) in [6, 6.07) is 0. The summed E-state index contributed by atoms with van der Waals surface area (Å²) >= 11 is 0. The number of nitrogens with zero attached hydrogens (tertiary/aromatic N) is 1. The summed E-state index contributed by atoms with van der Waals surface area (Å²) < 4.78 is 36.4. The second-order valence-corrected chi connectivity index (χ2v) is 4.43. The average molecular weight is 244 g/mol. The van der Waals surface area contributed by atoms with E-state index in [1.807, 2.05) is 0 Å². The van der Waals surface area contributed by atoms with Crippen molar-refractivity contribution in [2.24, 2.45) is 5.84 Å². The van der Waals surface area contributed by atoms with E-state index in [0.29, 0.717) is 0 Å². The number of hydrogen-bond donors (Lipinski definition) is 3. The van der Waals surface area contributed by atoms with E-state index in [4.69, 9.17) is 28.1 Å². The number of hydrogen-bond acceptors (Lipinski definition) is 5. The molecule has 0 atom stereocenters. The van der Waals surface area contributed by atoms with Gasteiger partial charge in [-0.25, -0.2) is 15.6 Å². The predicted octanol–water partition coefficient (Wildman–Crippen LogP) is 0.0742. The molecule has 0 heterocycles. The second-order valence-electron chi connectivity index (χ2n) is 3.54. The average Bonchev–Trinajstić information content (AvgIpc) is 1.78. The van der Waals surface area contributed by atoms with Crippen LogP contribution in [0.25, 0.3) is 0 Å². The van der Waals surface area contributed by atoms with Crippen LogP contribution in [0.3, 0.4) is 0 Å². The molecule has 0 saturated heterocycles. The molecule has 0 spiro atoms. The summed E-state index contributed by atoms with van der Waals surface area (Å²) in [5.41, 5.74) is -0.468. The SMILES string of the molecule is CN(N)C(=O)OC(C)(C)C.O=S(=O)(O)O. The highest BCUT2D eigenvalue weighted by molar-refractivity contribution is 7.79. The standard InChI is InChI=1S/C6H14N2O2.H2O4S/c1-6(2,3)10-5(9)8(4)7;1-5(2,3)4/h7H2,1-4H3;(H2,1,2,3,4). The van der Waals surface area contributed by atoms with Crippen LogP contribution in [-0.4, -0.2) is 41.3 Å². The maximum atomic E-state index is 10.7. The third kappa shape index (κ3) is 24.6. The van der Waals surface area contributed by atoms with Crippen molar-refractivity contribution < 1.29 is 27.1 Å². The molecule has 0 aromatic rings. The molecule has 4 N–H and O–H groups in total. The van der Waals surface area contributed by atoms with Crippen LogP contribution in [0, 0.1) is 0 Å². The van der Waals surface area contributed by atoms with Crippen molar-refractivity contribution in [1.29, 1.82) is 0 Å². The highest BCUT2D eigenvalue weighted by atomic mass is 32.3. The van der Waals surface area contributed by atoms with Gasteiger partial charge in [0.15, 0.2) is 0 Å². The zero-order chi connectivity index (χ0) is 12.9. The normalized spacial score (nSPS) is 11.1. The molecule has 1 amide bonds. The maximum Gasteiger partial charge on any atom is 0.424 e. The van der Waals surface area contributed by atoms with Crippen LogP contribution in [0.1, 0.15) is 20.8 Å². The lowest BCUT2D eigenvalue weighted by Gasteiger charge is -2.21. The van der Waals surface area contributed by atoms with Crippen LogP contribution in [0.15, 0.2) is 0 Å². The molecule has 0 aromatic carbocycles. The van der Waals surface area contributed by atoms with Crippen LogP contribution in [0.5, 0.6) is 0 Å². The molecule has 15 heavy (non-hydrogen) atoms. The van der Waals surface area contributed by atoms with Gasteiger partial charge in [-0.15, -0.1) is 0 Å². The van der Waals surface area contributed by atoms with Crippen molar-refractivity contribution in [2.75, 3.05) is 7.05 Å². The molecule has 0 bridgehead atoms. The molecule has 0 rings (SSSR count). The second kappa shape index (κ2) is 5.85.